The predicted octanol–water partition coefficient (Wildman–Crippen LogP) is 2.98. The largest absolute Gasteiger partial charge is 0.495 e. The number of benzene rings is 1. The molecule has 0 radical (unpaired) electrons. The molecule has 10 nitrogen and oxygen atoms in total. The second-order valence-corrected chi connectivity index (χ2v) is 8.65. The minimum atomic E-state index is -1.19. The van der Waals surface area contributed by atoms with Crippen molar-refractivity contribution in [3.05, 3.63) is 59.0 Å². The molecule has 34 heavy (non-hydrogen) atoms. The molecule has 0 unspecified atom stereocenters. The second kappa shape index (κ2) is 10.8. The minimum Gasteiger partial charge on any atom is -0.495 e. The number of methoxy groups -OCH3 is 1. The number of nitrogen functional groups attached to an aromatic ring is 1. The lowest BCUT2D eigenvalue weighted by Gasteiger charge is -2.30. The Hall–Kier alpha value is -3.86. The van der Waals surface area contributed by atoms with E-state index in [2.05, 4.69) is 9.69 Å². The van der Waals surface area contributed by atoms with E-state index < -0.39 is 23.8 Å². The fraction of sp³-hybridized carbons (Fsp3) is 0.304. The first kappa shape index (κ1) is 24.8. The third-order valence-corrected chi connectivity index (χ3v) is 5.91. The molecule has 3 aromatic rings. The van der Waals surface area contributed by atoms with Gasteiger partial charge in [-0.1, -0.05) is 26.0 Å². The van der Waals surface area contributed by atoms with Crippen molar-refractivity contribution < 1.29 is 23.5 Å². The highest BCUT2D eigenvalue weighted by Crippen LogP contribution is 2.38. The summed E-state index contributed by atoms with van der Waals surface area (Å²) in [5.74, 6) is -1.01. The van der Waals surface area contributed by atoms with Gasteiger partial charge < -0.3 is 25.9 Å². The molecule has 180 valence electrons. The first-order valence-corrected chi connectivity index (χ1v) is 11.4. The molecule has 0 aliphatic heterocycles. The van der Waals surface area contributed by atoms with Crippen LogP contribution >= 0.6 is 11.5 Å². The van der Waals surface area contributed by atoms with Crippen LogP contribution in [0.3, 0.4) is 0 Å². The molecular formula is C23H27N5O5S. The Morgan fingerprint density at radius 3 is 2.53 bits per heavy atom. The van der Waals surface area contributed by atoms with Gasteiger partial charge in [-0.05, 0) is 48.1 Å². The molecule has 3 amide bonds. The Kier molecular flexibility index (Phi) is 7.90. The van der Waals surface area contributed by atoms with Gasteiger partial charge >= 0.3 is 0 Å². The van der Waals surface area contributed by atoms with E-state index in [9.17, 15) is 14.4 Å². The van der Waals surface area contributed by atoms with Gasteiger partial charge in [0.05, 0.1) is 24.7 Å². The van der Waals surface area contributed by atoms with E-state index in [1.165, 1.54) is 18.3 Å². The summed E-state index contributed by atoms with van der Waals surface area (Å²) in [6, 6.07) is 8.79. The Bertz CT molecular complexity index is 1160. The van der Waals surface area contributed by atoms with Crippen molar-refractivity contribution in [2.45, 2.75) is 26.3 Å². The highest BCUT2D eigenvalue weighted by molar-refractivity contribution is 7.09. The standard InChI is InChI=1S/C23H27N5O5S/c1-13(2)10-11-26-22(30)19(16-9-6-12-33-16)28(14-7-4-5-8-15(14)32-3)23(31)20-17(24)18(21(25)29)27-34-20/h4-9,12-13,19H,10-11,24H2,1-3H3,(H2,25,29)(H,26,30)/t19-/m1/s1. The van der Waals surface area contributed by atoms with Crippen LogP contribution in [-0.2, 0) is 4.79 Å². The minimum absolute atomic E-state index is 0.0359. The number of nitrogens with one attached hydrogen (secondary N) is 1. The molecule has 0 bridgehead atoms. The van der Waals surface area contributed by atoms with Crippen molar-refractivity contribution in [1.29, 1.82) is 0 Å². The van der Waals surface area contributed by atoms with E-state index >= 15 is 0 Å². The van der Waals surface area contributed by atoms with Crippen LogP contribution in [0, 0.1) is 5.92 Å². The summed E-state index contributed by atoms with van der Waals surface area (Å²) in [5.41, 5.74) is 11.3. The van der Waals surface area contributed by atoms with Crippen LogP contribution in [0.5, 0.6) is 5.75 Å². The van der Waals surface area contributed by atoms with Crippen molar-refractivity contribution in [2.24, 2.45) is 11.7 Å². The highest BCUT2D eigenvalue weighted by atomic mass is 32.1. The zero-order valence-corrected chi connectivity index (χ0v) is 19.9. The van der Waals surface area contributed by atoms with Crippen LogP contribution in [0.2, 0.25) is 0 Å². The van der Waals surface area contributed by atoms with E-state index in [0.717, 1.165) is 18.0 Å². The lowest BCUT2D eigenvalue weighted by Crippen LogP contribution is -2.44. The van der Waals surface area contributed by atoms with Gasteiger partial charge in [0.15, 0.2) is 11.7 Å². The third kappa shape index (κ3) is 5.20. The lowest BCUT2D eigenvalue weighted by atomic mass is 10.1. The van der Waals surface area contributed by atoms with E-state index in [-0.39, 0.29) is 22.0 Å². The van der Waals surface area contributed by atoms with Crippen molar-refractivity contribution in [3.63, 3.8) is 0 Å². The van der Waals surface area contributed by atoms with E-state index in [1.807, 2.05) is 13.8 Å². The molecule has 2 heterocycles. The van der Waals surface area contributed by atoms with Crippen molar-refractivity contribution in [3.8, 4) is 5.75 Å². The molecule has 1 atom stereocenters. The zero-order chi connectivity index (χ0) is 24.8. The number of para-hydroxylation sites is 2. The normalized spacial score (nSPS) is 11.8. The molecule has 5 N–H and O–H groups in total. The Morgan fingerprint density at radius 1 is 1.21 bits per heavy atom. The van der Waals surface area contributed by atoms with E-state index in [1.54, 1.807) is 36.4 Å². The number of ether oxygens (including phenoxy) is 1. The summed E-state index contributed by atoms with van der Waals surface area (Å²) in [4.78, 5) is 40.2. The maximum atomic E-state index is 13.9. The summed E-state index contributed by atoms with van der Waals surface area (Å²) in [5, 5.41) is 2.88. The Labute approximate surface area is 201 Å². The van der Waals surface area contributed by atoms with Crippen molar-refractivity contribution in [2.75, 3.05) is 24.3 Å². The number of amides is 3. The maximum Gasteiger partial charge on any atom is 0.273 e. The van der Waals surface area contributed by atoms with E-state index in [0.29, 0.717) is 23.9 Å². The molecule has 0 fully saturated rings. The number of hydrogen-bond donors (Lipinski definition) is 3. The van der Waals surface area contributed by atoms with Crippen molar-refractivity contribution >= 4 is 40.6 Å². The summed E-state index contributed by atoms with van der Waals surface area (Å²) < 4.78 is 15.0. The molecule has 11 heteroatoms. The van der Waals surface area contributed by atoms with Gasteiger partial charge in [0.1, 0.15) is 16.4 Å². The first-order chi connectivity index (χ1) is 16.3. The molecule has 0 saturated carbocycles. The lowest BCUT2D eigenvalue weighted by molar-refractivity contribution is -0.122. The van der Waals surface area contributed by atoms with Gasteiger partial charge in [-0.25, -0.2) is 0 Å². The number of rotatable bonds is 10. The number of carbonyl (C=O) groups excluding carboxylic acids is 3. The topological polar surface area (TPSA) is 154 Å². The number of carbonyl (C=O) groups is 3. The highest BCUT2D eigenvalue weighted by Gasteiger charge is 2.38. The van der Waals surface area contributed by atoms with Crippen LogP contribution in [0.1, 0.15) is 52.2 Å². The van der Waals surface area contributed by atoms with Gasteiger partial charge in [0.25, 0.3) is 17.7 Å². The van der Waals surface area contributed by atoms with Crippen LogP contribution in [-0.4, -0.2) is 35.7 Å². The molecule has 3 rings (SSSR count). The Balaban J connectivity index is 2.15. The van der Waals surface area contributed by atoms with Gasteiger partial charge in [-0.3, -0.25) is 19.3 Å². The number of furan rings is 1. The number of nitrogens with zero attached hydrogens (tertiary/aromatic N) is 2. The maximum absolute atomic E-state index is 13.9. The number of aromatic nitrogens is 1. The fourth-order valence-electron chi connectivity index (χ4n) is 3.33. The van der Waals surface area contributed by atoms with Crippen LogP contribution in [0.4, 0.5) is 11.4 Å². The number of primary amides is 1. The molecular weight excluding hydrogens is 458 g/mol. The average molecular weight is 486 g/mol. The Morgan fingerprint density at radius 2 is 1.94 bits per heavy atom. The van der Waals surface area contributed by atoms with Crippen LogP contribution in [0.25, 0.3) is 0 Å². The smallest absolute Gasteiger partial charge is 0.273 e. The summed E-state index contributed by atoms with van der Waals surface area (Å²) in [7, 11) is 1.46. The van der Waals surface area contributed by atoms with Crippen LogP contribution in [0.15, 0.2) is 47.1 Å². The van der Waals surface area contributed by atoms with Gasteiger partial charge in [-0.2, -0.15) is 4.37 Å². The quantitative estimate of drug-likeness (QED) is 0.399. The number of hydrogen-bond acceptors (Lipinski definition) is 8. The third-order valence-electron chi connectivity index (χ3n) is 5.06. The second-order valence-electron chi connectivity index (χ2n) is 7.88. The number of anilines is 2. The summed E-state index contributed by atoms with van der Waals surface area (Å²) >= 11 is 0.727. The molecule has 0 spiro atoms. The van der Waals surface area contributed by atoms with Crippen molar-refractivity contribution in [1.82, 2.24) is 9.69 Å². The van der Waals surface area contributed by atoms with Crippen LogP contribution < -0.4 is 26.4 Å². The molecule has 0 saturated heterocycles. The predicted molar refractivity (Wildman–Crippen MR) is 129 cm³/mol. The summed E-state index contributed by atoms with van der Waals surface area (Å²) in [6.45, 7) is 4.50. The average Bonchev–Trinajstić information content (AvgIpc) is 3.46. The molecule has 0 aliphatic rings. The van der Waals surface area contributed by atoms with E-state index in [4.69, 9.17) is 20.6 Å². The van der Waals surface area contributed by atoms with Gasteiger partial charge in [0, 0.05) is 6.54 Å². The fourth-order valence-corrected chi connectivity index (χ4v) is 4.08. The zero-order valence-electron chi connectivity index (χ0n) is 19.1. The van der Waals surface area contributed by atoms with Gasteiger partial charge in [0.2, 0.25) is 0 Å². The molecule has 0 aliphatic carbocycles. The molecule has 1 aromatic carbocycles. The van der Waals surface area contributed by atoms with Gasteiger partial charge in [-0.15, -0.1) is 0 Å². The molecule has 2 aromatic heterocycles. The first-order valence-electron chi connectivity index (χ1n) is 10.6. The summed E-state index contributed by atoms with van der Waals surface area (Å²) in [6.07, 6.45) is 2.17. The SMILES string of the molecule is COc1ccccc1N(C(=O)c1snc(C(N)=O)c1N)[C@@H](C(=O)NCCC(C)C)c1ccco1. The monoisotopic (exact) mass is 485 g/mol. The number of nitrogens with two attached hydrogens (primary N) is 2.